The van der Waals surface area contributed by atoms with Crippen LogP contribution in [0.1, 0.15) is 16.7 Å². The molecule has 0 N–H and O–H groups in total. The maximum atomic E-state index is 13.5. The molecular weight excluding hydrogens is 205 g/mol. The second-order valence-electron chi connectivity index (χ2n) is 3.00. The number of carbonyl (C=O) groups excluding carboxylic acids is 1. The smallest absolute Gasteiger partial charge is 0.211 e. The molecule has 0 radical (unpaired) electrons. The number of hydrogen-bond donors (Lipinski definition) is 0. The van der Waals surface area contributed by atoms with E-state index in [1.807, 2.05) is 0 Å². The maximum Gasteiger partial charge on any atom is 0.235 e. The van der Waals surface area contributed by atoms with Crippen molar-refractivity contribution >= 4 is 17.7 Å². The molecule has 0 fully saturated rings. The largest absolute Gasteiger partial charge is 0.235 e. The van der Waals surface area contributed by atoms with Crippen molar-refractivity contribution in [3.63, 3.8) is 0 Å². The highest BCUT2D eigenvalue weighted by atomic mass is 35.5. The summed E-state index contributed by atoms with van der Waals surface area (Å²) in [5.41, 5.74) is 1.43. The molecule has 14 heavy (non-hydrogen) atoms. The second kappa shape index (κ2) is 4.36. The van der Waals surface area contributed by atoms with Gasteiger partial charge in [0.05, 0.1) is 6.54 Å². The molecule has 0 aliphatic rings. The molecule has 0 unspecified atom stereocenters. The molecule has 0 bridgehead atoms. The number of isocyanates is 1. The monoisotopic (exact) mass is 213 g/mol. The average molecular weight is 214 g/mol. The summed E-state index contributed by atoms with van der Waals surface area (Å²) in [6.07, 6.45) is 1.37. The third-order valence-electron chi connectivity index (χ3n) is 2.07. The normalized spacial score (nSPS) is 9.71. The molecule has 0 saturated carbocycles. The fraction of sp³-hybridized carbons (Fsp3) is 0.300. The fourth-order valence-corrected chi connectivity index (χ4v) is 1.49. The molecule has 0 spiro atoms. The number of benzene rings is 1. The summed E-state index contributed by atoms with van der Waals surface area (Å²) in [6.45, 7) is 3.30. The standard InChI is InChI=1S/C10H9ClFNO/c1-6-3-9(11)7(2)8(10(6)12)4-13-5-14/h3H,4H2,1-2H3. The van der Waals surface area contributed by atoms with Gasteiger partial charge >= 0.3 is 0 Å². The minimum Gasteiger partial charge on any atom is -0.211 e. The van der Waals surface area contributed by atoms with Crippen molar-refractivity contribution in [3.8, 4) is 0 Å². The van der Waals surface area contributed by atoms with E-state index in [1.54, 1.807) is 19.9 Å². The molecule has 1 aromatic carbocycles. The van der Waals surface area contributed by atoms with Crippen LogP contribution in [0.15, 0.2) is 11.1 Å². The first kappa shape index (κ1) is 10.9. The highest BCUT2D eigenvalue weighted by Crippen LogP contribution is 2.25. The van der Waals surface area contributed by atoms with E-state index in [-0.39, 0.29) is 12.4 Å². The molecule has 0 atom stereocenters. The summed E-state index contributed by atoms with van der Waals surface area (Å²) >= 11 is 5.86. The van der Waals surface area contributed by atoms with E-state index in [0.29, 0.717) is 21.7 Å². The highest BCUT2D eigenvalue weighted by molar-refractivity contribution is 6.31. The Kier molecular flexibility index (Phi) is 3.39. The summed E-state index contributed by atoms with van der Waals surface area (Å²) < 4.78 is 13.5. The number of nitrogens with zero attached hydrogens (tertiary/aromatic N) is 1. The van der Waals surface area contributed by atoms with Crippen molar-refractivity contribution in [1.82, 2.24) is 0 Å². The molecule has 74 valence electrons. The van der Waals surface area contributed by atoms with Gasteiger partial charge in [0.1, 0.15) is 5.82 Å². The summed E-state index contributed by atoms with van der Waals surface area (Å²) in [6, 6.07) is 1.56. The molecule has 0 aliphatic carbocycles. The highest BCUT2D eigenvalue weighted by Gasteiger charge is 2.11. The van der Waals surface area contributed by atoms with Crippen LogP contribution < -0.4 is 0 Å². The van der Waals surface area contributed by atoms with Gasteiger partial charge in [-0.05, 0) is 31.0 Å². The van der Waals surface area contributed by atoms with E-state index in [0.717, 1.165) is 0 Å². The van der Waals surface area contributed by atoms with Crippen LogP contribution in [0.5, 0.6) is 0 Å². The van der Waals surface area contributed by atoms with Crippen molar-refractivity contribution in [3.05, 3.63) is 33.6 Å². The van der Waals surface area contributed by atoms with Crippen LogP contribution in [0.2, 0.25) is 5.02 Å². The van der Waals surface area contributed by atoms with Crippen LogP contribution in [0, 0.1) is 19.7 Å². The van der Waals surface area contributed by atoms with E-state index in [2.05, 4.69) is 4.99 Å². The minimum atomic E-state index is -0.356. The van der Waals surface area contributed by atoms with Gasteiger partial charge in [0.2, 0.25) is 6.08 Å². The SMILES string of the molecule is Cc1cc(Cl)c(C)c(CN=C=O)c1F. The van der Waals surface area contributed by atoms with Crippen molar-refractivity contribution in [2.45, 2.75) is 20.4 Å². The lowest BCUT2D eigenvalue weighted by Crippen LogP contribution is -1.97. The first-order valence-corrected chi connectivity index (χ1v) is 4.43. The quantitative estimate of drug-likeness (QED) is 0.549. The van der Waals surface area contributed by atoms with Crippen LogP contribution in [0.25, 0.3) is 0 Å². The summed E-state index contributed by atoms with van der Waals surface area (Å²) in [4.78, 5) is 13.3. The lowest BCUT2D eigenvalue weighted by Gasteiger charge is -2.08. The predicted molar refractivity (Wildman–Crippen MR) is 52.7 cm³/mol. The zero-order chi connectivity index (χ0) is 10.7. The first-order chi connectivity index (χ1) is 6.57. The summed E-state index contributed by atoms with van der Waals surface area (Å²) in [5, 5.41) is 0.486. The van der Waals surface area contributed by atoms with E-state index in [9.17, 15) is 9.18 Å². The topological polar surface area (TPSA) is 29.4 Å². The molecular formula is C10H9ClFNO. The Morgan fingerprint density at radius 3 is 2.79 bits per heavy atom. The van der Waals surface area contributed by atoms with Gasteiger partial charge in [0, 0.05) is 10.6 Å². The molecule has 1 rings (SSSR count). The Morgan fingerprint density at radius 2 is 2.21 bits per heavy atom. The predicted octanol–water partition coefficient (Wildman–Crippen LogP) is 2.93. The Bertz CT molecular complexity index is 385. The number of aryl methyl sites for hydroxylation is 1. The van der Waals surface area contributed by atoms with Gasteiger partial charge in [0.25, 0.3) is 0 Å². The molecule has 0 saturated heterocycles. The molecule has 0 aliphatic heterocycles. The molecule has 2 nitrogen and oxygen atoms in total. The van der Waals surface area contributed by atoms with Gasteiger partial charge in [-0.3, -0.25) is 0 Å². The number of halogens is 2. The maximum absolute atomic E-state index is 13.5. The Balaban J connectivity index is 3.31. The van der Waals surface area contributed by atoms with E-state index >= 15 is 0 Å². The van der Waals surface area contributed by atoms with Crippen LogP contribution in [-0.2, 0) is 11.3 Å². The van der Waals surface area contributed by atoms with Crippen LogP contribution in [0.4, 0.5) is 4.39 Å². The van der Waals surface area contributed by atoms with Crippen molar-refractivity contribution < 1.29 is 9.18 Å². The molecule has 0 aromatic heterocycles. The molecule has 1 aromatic rings. The molecule has 0 amide bonds. The number of hydrogen-bond acceptors (Lipinski definition) is 2. The fourth-order valence-electron chi connectivity index (χ4n) is 1.21. The van der Waals surface area contributed by atoms with Gasteiger partial charge in [-0.15, -0.1) is 0 Å². The van der Waals surface area contributed by atoms with Crippen LogP contribution in [0.3, 0.4) is 0 Å². The number of rotatable bonds is 2. The molecule has 4 heteroatoms. The third-order valence-corrected chi connectivity index (χ3v) is 2.46. The Morgan fingerprint density at radius 1 is 1.57 bits per heavy atom. The average Bonchev–Trinajstić information content (AvgIpc) is 2.15. The Labute approximate surface area is 86.4 Å². The first-order valence-electron chi connectivity index (χ1n) is 4.05. The summed E-state index contributed by atoms with van der Waals surface area (Å²) in [5.74, 6) is -0.356. The van der Waals surface area contributed by atoms with Crippen molar-refractivity contribution in [2.24, 2.45) is 4.99 Å². The van der Waals surface area contributed by atoms with E-state index in [1.165, 1.54) is 6.08 Å². The lowest BCUT2D eigenvalue weighted by molar-refractivity contribution is 0.561. The van der Waals surface area contributed by atoms with Crippen molar-refractivity contribution in [2.75, 3.05) is 0 Å². The third kappa shape index (κ3) is 2.00. The van der Waals surface area contributed by atoms with E-state index in [4.69, 9.17) is 11.6 Å². The number of aliphatic imine (C=N–C) groups is 1. The zero-order valence-corrected chi connectivity index (χ0v) is 8.65. The second-order valence-corrected chi connectivity index (χ2v) is 3.41. The van der Waals surface area contributed by atoms with Gasteiger partial charge in [-0.1, -0.05) is 11.6 Å². The Hall–Kier alpha value is -1.18. The zero-order valence-electron chi connectivity index (χ0n) is 7.90. The lowest BCUT2D eigenvalue weighted by atomic mass is 10.0. The van der Waals surface area contributed by atoms with Crippen LogP contribution >= 0.6 is 11.6 Å². The van der Waals surface area contributed by atoms with Crippen molar-refractivity contribution in [1.29, 1.82) is 0 Å². The van der Waals surface area contributed by atoms with Gasteiger partial charge in [-0.2, -0.15) is 0 Å². The van der Waals surface area contributed by atoms with Gasteiger partial charge in [-0.25, -0.2) is 14.2 Å². The molecule has 0 heterocycles. The van der Waals surface area contributed by atoms with E-state index < -0.39 is 0 Å². The minimum absolute atomic E-state index is 0.0113. The van der Waals surface area contributed by atoms with Gasteiger partial charge in [0.15, 0.2) is 0 Å². The van der Waals surface area contributed by atoms with Gasteiger partial charge < -0.3 is 0 Å². The van der Waals surface area contributed by atoms with Crippen LogP contribution in [-0.4, -0.2) is 6.08 Å². The summed E-state index contributed by atoms with van der Waals surface area (Å²) in [7, 11) is 0.